The highest BCUT2D eigenvalue weighted by Crippen LogP contribution is 2.25. The molecule has 1 heterocycles. The minimum Gasteiger partial charge on any atom is -0.481 e. The molecule has 0 aliphatic carbocycles. The molecule has 1 aromatic heterocycles. The molecule has 0 spiro atoms. The lowest BCUT2D eigenvalue weighted by atomic mass is 9.94. The molecule has 102 valence electrons. The summed E-state index contributed by atoms with van der Waals surface area (Å²) >= 11 is 0. The highest BCUT2D eigenvalue weighted by atomic mass is 16.5. The predicted octanol–water partition coefficient (Wildman–Crippen LogP) is 2.96. The van der Waals surface area contributed by atoms with Crippen LogP contribution in [0.3, 0.4) is 0 Å². The fourth-order valence-electron chi connectivity index (χ4n) is 2.15. The summed E-state index contributed by atoms with van der Waals surface area (Å²) in [4.78, 5) is 8.46. The van der Waals surface area contributed by atoms with Gasteiger partial charge in [-0.2, -0.15) is 0 Å². The maximum Gasteiger partial charge on any atom is 0.216 e. The molecule has 4 heteroatoms. The zero-order valence-corrected chi connectivity index (χ0v) is 11.9. The van der Waals surface area contributed by atoms with E-state index in [9.17, 15) is 0 Å². The highest BCUT2D eigenvalue weighted by Gasteiger charge is 2.19. The summed E-state index contributed by atoms with van der Waals surface area (Å²) in [5.74, 6) is 1.19. The van der Waals surface area contributed by atoms with Crippen LogP contribution in [0.2, 0.25) is 0 Å². The van der Waals surface area contributed by atoms with Crippen LogP contribution in [0.5, 0.6) is 5.88 Å². The van der Waals surface area contributed by atoms with Gasteiger partial charge >= 0.3 is 0 Å². The van der Waals surface area contributed by atoms with Crippen LogP contribution in [0.4, 0.5) is 0 Å². The van der Waals surface area contributed by atoms with Crippen LogP contribution in [-0.4, -0.2) is 23.6 Å². The van der Waals surface area contributed by atoms with Crippen LogP contribution < -0.4 is 10.1 Å². The first-order valence-corrected chi connectivity index (χ1v) is 6.82. The molecule has 1 rings (SSSR count). The maximum absolute atomic E-state index is 5.17. The van der Waals surface area contributed by atoms with Gasteiger partial charge in [0.25, 0.3) is 0 Å². The Labute approximate surface area is 110 Å². The smallest absolute Gasteiger partial charge is 0.216 e. The van der Waals surface area contributed by atoms with Crippen LogP contribution >= 0.6 is 0 Å². The summed E-state index contributed by atoms with van der Waals surface area (Å²) in [5, 5.41) is 3.58. The molecule has 2 atom stereocenters. The Morgan fingerprint density at radius 1 is 1.28 bits per heavy atom. The van der Waals surface area contributed by atoms with Crippen molar-refractivity contribution < 1.29 is 4.74 Å². The van der Waals surface area contributed by atoms with E-state index in [0.29, 0.717) is 11.8 Å². The zero-order chi connectivity index (χ0) is 13.4. The SMILES string of the molecule is CCCNC(c1cc(OC)ncn1)C(C)CCC. The second-order valence-corrected chi connectivity index (χ2v) is 4.68. The van der Waals surface area contributed by atoms with Crippen LogP contribution in [-0.2, 0) is 0 Å². The molecule has 0 aliphatic rings. The number of rotatable bonds is 8. The molecule has 0 radical (unpaired) electrons. The number of nitrogens with one attached hydrogen (secondary N) is 1. The largest absolute Gasteiger partial charge is 0.481 e. The van der Waals surface area contributed by atoms with Crippen molar-refractivity contribution >= 4 is 0 Å². The Morgan fingerprint density at radius 2 is 2.06 bits per heavy atom. The average Bonchev–Trinajstić information content (AvgIpc) is 2.40. The van der Waals surface area contributed by atoms with Gasteiger partial charge in [-0.05, 0) is 25.3 Å². The lowest BCUT2D eigenvalue weighted by Gasteiger charge is -2.24. The minimum absolute atomic E-state index is 0.279. The van der Waals surface area contributed by atoms with Gasteiger partial charge in [0, 0.05) is 6.07 Å². The Balaban J connectivity index is 2.85. The second kappa shape index (κ2) is 8.03. The fraction of sp³-hybridized carbons (Fsp3) is 0.714. The monoisotopic (exact) mass is 251 g/mol. The van der Waals surface area contributed by atoms with Crippen LogP contribution in [0.1, 0.15) is 51.8 Å². The number of methoxy groups -OCH3 is 1. The first kappa shape index (κ1) is 14.9. The number of ether oxygens (including phenoxy) is 1. The van der Waals surface area contributed by atoms with E-state index < -0.39 is 0 Å². The Kier molecular flexibility index (Phi) is 6.65. The summed E-state index contributed by atoms with van der Waals surface area (Å²) < 4.78 is 5.17. The molecule has 1 aromatic rings. The highest BCUT2D eigenvalue weighted by molar-refractivity contribution is 5.17. The second-order valence-electron chi connectivity index (χ2n) is 4.68. The normalized spacial score (nSPS) is 14.2. The minimum atomic E-state index is 0.279. The summed E-state index contributed by atoms with van der Waals surface area (Å²) in [7, 11) is 1.63. The van der Waals surface area contributed by atoms with E-state index in [-0.39, 0.29) is 6.04 Å². The quantitative estimate of drug-likeness (QED) is 0.771. The van der Waals surface area contributed by atoms with Gasteiger partial charge in [-0.15, -0.1) is 0 Å². The molecule has 4 nitrogen and oxygen atoms in total. The van der Waals surface area contributed by atoms with Crippen molar-refractivity contribution in [2.24, 2.45) is 5.92 Å². The van der Waals surface area contributed by atoms with Crippen molar-refractivity contribution in [3.8, 4) is 5.88 Å². The summed E-state index contributed by atoms with van der Waals surface area (Å²) in [6.07, 6.45) is 5.08. The third-order valence-corrected chi connectivity index (χ3v) is 3.12. The Bertz CT molecular complexity index is 344. The van der Waals surface area contributed by atoms with E-state index in [0.717, 1.165) is 18.7 Å². The van der Waals surface area contributed by atoms with Crippen molar-refractivity contribution in [1.82, 2.24) is 15.3 Å². The number of aromatic nitrogens is 2. The lowest BCUT2D eigenvalue weighted by molar-refractivity contribution is 0.351. The average molecular weight is 251 g/mol. The fourth-order valence-corrected chi connectivity index (χ4v) is 2.15. The van der Waals surface area contributed by atoms with Gasteiger partial charge in [0.15, 0.2) is 0 Å². The van der Waals surface area contributed by atoms with Crippen molar-refractivity contribution in [2.75, 3.05) is 13.7 Å². The van der Waals surface area contributed by atoms with Crippen LogP contribution in [0, 0.1) is 5.92 Å². The predicted molar refractivity (Wildman–Crippen MR) is 73.7 cm³/mol. The summed E-state index contributed by atoms with van der Waals surface area (Å²) in [6.45, 7) is 7.67. The molecule has 0 amide bonds. The molecule has 2 unspecified atom stereocenters. The van der Waals surface area contributed by atoms with Crippen molar-refractivity contribution in [1.29, 1.82) is 0 Å². The van der Waals surface area contributed by atoms with E-state index in [2.05, 4.69) is 36.1 Å². The third kappa shape index (κ3) is 4.26. The Hall–Kier alpha value is -1.16. The topological polar surface area (TPSA) is 47.0 Å². The molecule has 0 fully saturated rings. The van der Waals surface area contributed by atoms with E-state index in [1.807, 2.05) is 6.07 Å². The van der Waals surface area contributed by atoms with E-state index >= 15 is 0 Å². The van der Waals surface area contributed by atoms with Gasteiger partial charge in [0.05, 0.1) is 18.8 Å². The lowest BCUT2D eigenvalue weighted by Crippen LogP contribution is -2.28. The summed E-state index contributed by atoms with van der Waals surface area (Å²) in [5.41, 5.74) is 1.02. The van der Waals surface area contributed by atoms with E-state index in [1.54, 1.807) is 13.4 Å². The first-order chi connectivity index (χ1) is 8.72. The van der Waals surface area contributed by atoms with Gasteiger partial charge in [-0.1, -0.05) is 27.2 Å². The van der Waals surface area contributed by atoms with Crippen LogP contribution in [0.25, 0.3) is 0 Å². The molecule has 0 saturated carbocycles. The van der Waals surface area contributed by atoms with Crippen LogP contribution in [0.15, 0.2) is 12.4 Å². The van der Waals surface area contributed by atoms with Crippen molar-refractivity contribution in [2.45, 2.75) is 46.1 Å². The third-order valence-electron chi connectivity index (χ3n) is 3.12. The van der Waals surface area contributed by atoms with Gasteiger partial charge in [0.1, 0.15) is 6.33 Å². The van der Waals surface area contributed by atoms with Gasteiger partial charge in [0.2, 0.25) is 5.88 Å². The molecule has 0 aliphatic heterocycles. The molecule has 0 bridgehead atoms. The summed E-state index contributed by atoms with van der Waals surface area (Å²) in [6, 6.07) is 2.21. The molecular weight excluding hydrogens is 226 g/mol. The zero-order valence-electron chi connectivity index (χ0n) is 11.9. The van der Waals surface area contributed by atoms with Crippen molar-refractivity contribution in [3.05, 3.63) is 18.1 Å². The molecule has 0 aromatic carbocycles. The molecule has 1 N–H and O–H groups in total. The number of nitrogens with zero attached hydrogens (tertiary/aromatic N) is 2. The number of hydrogen-bond acceptors (Lipinski definition) is 4. The van der Waals surface area contributed by atoms with Gasteiger partial charge in [-0.25, -0.2) is 9.97 Å². The number of hydrogen-bond donors (Lipinski definition) is 1. The molecule has 18 heavy (non-hydrogen) atoms. The van der Waals surface area contributed by atoms with Crippen molar-refractivity contribution in [3.63, 3.8) is 0 Å². The van der Waals surface area contributed by atoms with Gasteiger partial charge < -0.3 is 10.1 Å². The Morgan fingerprint density at radius 3 is 2.67 bits per heavy atom. The molecular formula is C14H25N3O. The molecule has 0 saturated heterocycles. The van der Waals surface area contributed by atoms with E-state index in [1.165, 1.54) is 12.8 Å². The van der Waals surface area contributed by atoms with E-state index in [4.69, 9.17) is 4.74 Å². The first-order valence-electron chi connectivity index (χ1n) is 6.82. The van der Waals surface area contributed by atoms with Gasteiger partial charge in [-0.3, -0.25) is 0 Å². The maximum atomic E-state index is 5.17. The standard InChI is InChI=1S/C14H25N3O/c1-5-7-11(3)14(15-8-6-2)12-9-13(18-4)17-10-16-12/h9-11,14-15H,5-8H2,1-4H3.